The van der Waals surface area contributed by atoms with Gasteiger partial charge < -0.3 is 15.3 Å². The van der Waals surface area contributed by atoms with Gasteiger partial charge >= 0.3 is 0 Å². The van der Waals surface area contributed by atoms with Gasteiger partial charge in [-0.2, -0.15) is 0 Å². The number of rotatable bonds is 10. The molecule has 1 heterocycles. The Bertz CT molecular complexity index is 912. The van der Waals surface area contributed by atoms with E-state index in [-0.39, 0.29) is 6.61 Å². The lowest BCUT2D eigenvalue weighted by Gasteiger charge is -2.14. The van der Waals surface area contributed by atoms with E-state index in [1.54, 1.807) is 11.8 Å². The van der Waals surface area contributed by atoms with Crippen LogP contribution in [0.4, 0.5) is 0 Å². The fourth-order valence-corrected chi connectivity index (χ4v) is 3.61. The number of aryl methyl sites for hydroxylation is 1. The molecule has 0 aliphatic carbocycles. The molecule has 6 nitrogen and oxygen atoms in total. The minimum absolute atomic E-state index is 0.282. The second-order valence-corrected chi connectivity index (χ2v) is 8.18. The summed E-state index contributed by atoms with van der Waals surface area (Å²) in [7, 11) is 0. The van der Waals surface area contributed by atoms with Gasteiger partial charge in [-0.1, -0.05) is 55.9 Å². The number of para-hydroxylation sites is 1. The van der Waals surface area contributed by atoms with E-state index in [1.165, 1.54) is 10.2 Å². The number of thioether (sulfide) groups is 1. The molecule has 0 bridgehead atoms. The molecule has 0 amide bonds. The van der Waals surface area contributed by atoms with E-state index in [2.05, 4.69) is 49.2 Å². The first-order chi connectivity index (χ1) is 14.0. The van der Waals surface area contributed by atoms with E-state index in [1.807, 2.05) is 30.3 Å². The molecule has 0 aliphatic rings. The van der Waals surface area contributed by atoms with Crippen molar-refractivity contribution in [2.24, 2.45) is 0 Å². The lowest BCUT2D eigenvalue weighted by atomic mass is 10.0. The fourth-order valence-electron chi connectivity index (χ4n) is 2.82. The van der Waals surface area contributed by atoms with Crippen LogP contribution in [-0.2, 0) is 6.61 Å². The lowest BCUT2D eigenvalue weighted by molar-refractivity contribution is 0.287. The van der Waals surface area contributed by atoms with Crippen LogP contribution in [0.5, 0.6) is 11.5 Å². The van der Waals surface area contributed by atoms with Crippen LogP contribution in [0.15, 0.2) is 53.7 Å². The quantitative estimate of drug-likeness (QED) is 0.299. The largest absolute Gasteiger partial charge is 0.494 e. The van der Waals surface area contributed by atoms with Gasteiger partial charge in [-0.05, 0) is 48.6 Å². The maximum Gasteiger partial charge on any atom is 0.209 e. The zero-order chi connectivity index (χ0) is 20.6. The van der Waals surface area contributed by atoms with Crippen LogP contribution in [0, 0.1) is 6.92 Å². The minimum Gasteiger partial charge on any atom is -0.494 e. The highest BCUT2D eigenvalue weighted by atomic mass is 32.2. The number of nitrogen functional groups attached to an aromatic ring is 1. The van der Waals surface area contributed by atoms with Gasteiger partial charge in [0.1, 0.15) is 18.1 Å². The molecule has 3 aromatic rings. The maximum atomic E-state index is 6.16. The van der Waals surface area contributed by atoms with Crippen LogP contribution in [0.1, 0.15) is 43.1 Å². The standard InChI is InChI=1S/C22H28N4O2S/c1-16(2)19-11-10-17(3)14-20(19)28-15-21-24-25-22(26(21)23)29-13-7-12-27-18-8-5-4-6-9-18/h4-6,8-11,14,16H,7,12-13,15,23H2,1-3H3. The van der Waals surface area contributed by atoms with Crippen molar-refractivity contribution in [3.05, 3.63) is 65.5 Å². The van der Waals surface area contributed by atoms with Crippen molar-refractivity contribution in [2.75, 3.05) is 18.2 Å². The van der Waals surface area contributed by atoms with Crippen molar-refractivity contribution in [2.45, 2.75) is 44.9 Å². The maximum absolute atomic E-state index is 6.16. The first-order valence-corrected chi connectivity index (χ1v) is 10.8. The Morgan fingerprint density at radius 3 is 2.62 bits per heavy atom. The highest BCUT2D eigenvalue weighted by molar-refractivity contribution is 7.99. The summed E-state index contributed by atoms with van der Waals surface area (Å²) in [4.78, 5) is 0. The van der Waals surface area contributed by atoms with Crippen LogP contribution in [-0.4, -0.2) is 27.2 Å². The Kier molecular flexibility index (Phi) is 7.41. The molecule has 7 heteroatoms. The van der Waals surface area contributed by atoms with E-state index >= 15 is 0 Å². The van der Waals surface area contributed by atoms with E-state index in [0.29, 0.717) is 23.5 Å². The third-order valence-electron chi connectivity index (χ3n) is 4.41. The summed E-state index contributed by atoms with van der Waals surface area (Å²) in [6.45, 7) is 7.29. The second-order valence-electron chi connectivity index (χ2n) is 7.12. The van der Waals surface area contributed by atoms with Crippen molar-refractivity contribution < 1.29 is 9.47 Å². The number of hydrogen-bond acceptors (Lipinski definition) is 6. The van der Waals surface area contributed by atoms with E-state index in [9.17, 15) is 0 Å². The normalized spacial score (nSPS) is 11.0. The summed E-state index contributed by atoms with van der Waals surface area (Å²) < 4.78 is 13.2. The molecule has 0 atom stereocenters. The van der Waals surface area contributed by atoms with Crippen molar-refractivity contribution in [3.8, 4) is 11.5 Å². The van der Waals surface area contributed by atoms with Gasteiger partial charge in [0.05, 0.1) is 6.61 Å². The number of hydrogen-bond donors (Lipinski definition) is 1. The summed E-state index contributed by atoms with van der Waals surface area (Å²) in [5, 5.41) is 9.05. The molecule has 29 heavy (non-hydrogen) atoms. The van der Waals surface area contributed by atoms with Crippen LogP contribution in [0.25, 0.3) is 0 Å². The number of nitrogens with two attached hydrogens (primary N) is 1. The zero-order valence-electron chi connectivity index (χ0n) is 17.2. The third kappa shape index (κ3) is 5.90. The van der Waals surface area contributed by atoms with Gasteiger partial charge in [-0.25, -0.2) is 4.68 Å². The van der Waals surface area contributed by atoms with E-state index in [0.717, 1.165) is 29.2 Å². The van der Waals surface area contributed by atoms with Gasteiger partial charge in [0.2, 0.25) is 5.16 Å². The van der Waals surface area contributed by atoms with Crippen molar-refractivity contribution in [3.63, 3.8) is 0 Å². The summed E-state index contributed by atoms with van der Waals surface area (Å²) >= 11 is 1.56. The summed E-state index contributed by atoms with van der Waals surface area (Å²) in [6.07, 6.45) is 0.888. The summed E-state index contributed by atoms with van der Waals surface area (Å²) in [5.41, 5.74) is 2.33. The molecule has 0 saturated carbocycles. The molecule has 0 saturated heterocycles. The molecule has 154 valence electrons. The van der Waals surface area contributed by atoms with E-state index in [4.69, 9.17) is 15.3 Å². The second kappa shape index (κ2) is 10.2. The molecule has 0 unspecified atom stereocenters. The molecule has 0 aliphatic heterocycles. The summed E-state index contributed by atoms with van der Waals surface area (Å²) in [5.74, 6) is 9.74. The SMILES string of the molecule is Cc1ccc(C(C)C)c(OCc2nnc(SCCCOc3ccccc3)n2N)c1. The monoisotopic (exact) mass is 412 g/mol. The van der Waals surface area contributed by atoms with Crippen molar-refractivity contribution >= 4 is 11.8 Å². The van der Waals surface area contributed by atoms with Gasteiger partial charge in [0.25, 0.3) is 0 Å². The minimum atomic E-state index is 0.282. The zero-order valence-corrected chi connectivity index (χ0v) is 18.0. The van der Waals surface area contributed by atoms with Gasteiger partial charge in [0.15, 0.2) is 5.82 Å². The Labute approximate surface area is 176 Å². The van der Waals surface area contributed by atoms with Crippen LogP contribution < -0.4 is 15.3 Å². The number of nitrogens with zero attached hydrogens (tertiary/aromatic N) is 3. The molecular weight excluding hydrogens is 384 g/mol. The first kappa shape index (κ1) is 21.0. The fraction of sp³-hybridized carbons (Fsp3) is 0.364. The molecule has 1 aromatic heterocycles. The lowest BCUT2D eigenvalue weighted by Crippen LogP contribution is -2.16. The Morgan fingerprint density at radius 1 is 1.07 bits per heavy atom. The Hall–Kier alpha value is -2.67. The van der Waals surface area contributed by atoms with Crippen LogP contribution in [0.3, 0.4) is 0 Å². The smallest absolute Gasteiger partial charge is 0.209 e. The summed E-state index contributed by atoms with van der Waals surface area (Å²) in [6, 6.07) is 16.1. The van der Waals surface area contributed by atoms with Crippen LogP contribution >= 0.6 is 11.8 Å². The van der Waals surface area contributed by atoms with Gasteiger partial charge in [-0.3, -0.25) is 0 Å². The highest BCUT2D eigenvalue weighted by Crippen LogP contribution is 2.28. The number of aromatic nitrogens is 3. The number of benzene rings is 2. The Morgan fingerprint density at radius 2 is 1.86 bits per heavy atom. The molecular formula is C22H28N4O2S. The molecule has 3 rings (SSSR count). The molecule has 0 radical (unpaired) electrons. The Balaban J connectivity index is 1.49. The highest BCUT2D eigenvalue weighted by Gasteiger charge is 2.13. The van der Waals surface area contributed by atoms with Crippen molar-refractivity contribution in [1.29, 1.82) is 0 Å². The molecule has 0 fully saturated rings. The third-order valence-corrected chi connectivity index (χ3v) is 5.44. The molecule has 0 spiro atoms. The molecule has 2 aromatic carbocycles. The molecule has 2 N–H and O–H groups in total. The van der Waals surface area contributed by atoms with Gasteiger partial charge in [-0.15, -0.1) is 10.2 Å². The number of ether oxygens (including phenoxy) is 2. The van der Waals surface area contributed by atoms with Crippen LogP contribution in [0.2, 0.25) is 0 Å². The first-order valence-electron chi connectivity index (χ1n) is 9.78. The van der Waals surface area contributed by atoms with Gasteiger partial charge in [0, 0.05) is 5.75 Å². The average Bonchev–Trinajstić information content (AvgIpc) is 3.06. The topological polar surface area (TPSA) is 75.2 Å². The van der Waals surface area contributed by atoms with Crippen molar-refractivity contribution in [1.82, 2.24) is 14.9 Å². The van der Waals surface area contributed by atoms with E-state index < -0.39 is 0 Å². The predicted molar refractivity (Wildman–Crippen MR) is 117 cm³/mol. The predicted octanol–water partition coefficient (Wildman–Crippen LogP) is 4.56. The average molecular weight is 413 g/mol.